The van der Waals surface area contributed by atoms with Crippen LogP contribution in [0.3, 0.4) is 0 Å². The van der Waals surface area contributed by atoms with E-state index in [2.05, 4.69) is 5.32 Å². The molecule has 1 amide bonds. The number of halogens is 1. The average molecular weight is 238 g/mol. The Morgan fingerprint density at radius 1 is 1.50 bits per heavy atom. The fourth-order valence-electron chi connectivity index (χ4n) is 1.33. The molecule has 1 N–H and O–H groups in total. The third-order valence-electron chi connectivity index (χ3n) is 2.18. The number of hydrogen-bond acceptors (Lipinski definition) is 1. The molecule has 0 radical (unpaired) electrons. The number of rotatable bonds is 5. The van der Waals surface area contributed by atoms with Crippen molar-refractivity contribution in [3.8, 4) is 0 Å². The summed E-state index contributed by atoms with van der Waals surface area (Å²) >= 11 is 5.71. The molecule has 0 saturated carbocycles. The van der Waals surface area contributed by atoms with Crippen LogP contribution in [0.1, 0.15) is 29.3 Å². The largest absolute Gasteiger partial charge is 0.352 e. The van der Waals surface area contributed by atoms with Gasteiger partial charge in [-0.1, -0.05) is 24.3 Å². The van der Waals surface area contributed by atoms with Gasteiger partial charge in [0.05, 0.1) is 0 Å². The molecule has 3 heteroatoms. The molecule has 0 atom stereocenters. The van der Waals surface area contributed by atoms with Gasteiger partial charge >= 0.3 is 0 Å². The van der Waals surface area contributed by atoms with Crippen molar-refractivity contribution in [2.24, 2.45) is 0 Å². The van der Waals surface area contributed by atoms with Gasteiger partial charge in [0.1, 0.15) is 0 Å². The first-order valence-electron chi connectivity index (χ1n) is 5.32. The molecule has 0 unspecified atom stereocenters. The van der Waals surface area contributed by atoms with Crippen molar-refractivity contribution in [2.45, 2.75) is 19.2 Å². The van der Waals surface area contributed by atoms with Crippen LogP contribution in [0.5, 0.6) is 0 Å². The summed E-state index contributed by atoms with van der Waals surface area (Å²) in [5.74, 6) is 0.385. The Morgan fingerprint density at radius 3 is 3.00 bits per heavy atom. The summed E-state index contributed by atoms with van der Waals surface area (Å²) < 4.78 is 0. The van der Waals surface area contributed by atoms with E-state index in [0.29, 0.717) is 18.0 Å². The van der Waals surface area contributed by atoms with Crippen molar-refractivity contribution in [2.75, 3.05) is 6.54 Å². The molecule has 0 aliphatic heterocycles. The Balaban J connectivity index is 2.52. The molecule has 0 aliphatic carbocycles. The second-order valence-corrected chi connectivity index (χ2v) is 3.71. The first-order valence-corrected chi connectivity index (χ1v) is 5.85. The van der Waals surface area contributed by atoms with Crippen LogP contribution in [-0.2, 0) is 5.88 Å². The van der Waals surface area contributed by atoms with Crippen LogP contribution in [0.15, 0.2) is 36.4 Å². The van der Waals surface area contributed by atoms with Crippen LogP contribution in [0.25, 0.3) is 0 Å². The fraction of sp³-hybridized carbons (Fsp3) is 0.308. The molecule has 0 aliphatic rings. The molecule has 2 nitrogen and oxygen atoms in total. The predicted molar refractivity (Wildman–Crippen MR) is 67.8 cm³/mol. The number of amides is 1. The highest BCUT2D eigenvalue weighted by molar-refractivity contribution is 6.17. The molecule has 0 saturated heterocycles. The van der Waals surface area contributed by atoms with Crippen molar-refractivity contribution in [1.29, 1.82) is 0 Å². The Labute approximate surface area is 101 Å². The van der Waals surface area contributed by atoms with Crippen molar-refractivity contribution >= 4 is 17.5 Å². The highest BCUT2D eigenvalue weighted by Crippen LogP contribution is 2.07. The maximum absolute atomic E-state index is 11.7. The number of allylic oxidation sites excluding steroid dienone is 1. The molecule has 0 bridgehead atoms. The third-order valence-corrected chi connectivity index (χ3v) is 2.48. The van der Waals surface area contributed by atoms with Crippen LogP contribution in [0, 0.1) is 0 Å². The lowest BCUT2D eigenvalue weighted by Crippen LogP contribution is -2.24. The Hall–Kier alpha value is -1.28. The zero-order chi connectivity index (χ0) is 11.8. The number of carbonyl (C=O) groups excluding carboxylic acids is 1. The summed E-state index contributed by atoms with van der Waals surface area (Å²) in [4.78, 5) is 11.7. The lowest BCUT2D eigenvalue weighted by molar-refractivity contribution is 0.0954. The summed E-state index contributed by atoms with van der Waals surface area (Å²) in [7, 11) is 0. The summed E-state index contributed by atoms with van der Waals surface area (Å²) in [6.45, 7) is 2.63. The maximum atomic E-state index is 11.7. The van der Waals surface area contributed by atoms with Crippen LogP contribution < -0.4 is 5.32 Å². The molecule has 16 heavy (non-hydrogen) atoms. The van der Waals surface area contributed by atoms with E-state index in [4.69, 9.17) is 11.6 Å². The number of benzene rings is 1. The van der Waals surface area contributed by atoms with E-state index in [0.717, 1.165) is 12.0 Å². The summed E-state index contributed by atoms with van der Waals surface area (Å²) in [5, 5.41) is 2.85. The first-order chi connectivity index (χ1) is 7.77. The molecule has 0 heterocycles. The Morgan fingerprint density at radius 2 is 2.31 bits per heavy atom. The van der Waals surface area contributed by atoms with E-state index in [9.17, 15) is 4.79 Å². The number of alkyl halides is 1. The van der Waals surface area contributed by atoms with E-state index in [1.54, 1.807) is 6.07 Å². The van der Waals surface area contributed by atoms with Gasteiger partial charge in [0.25, 0.3) is 5.91 Å². The van der Waals surface area contributed by atoms with Crippen molar-refractivity contribution in [3.63, 3.8) is 0 Å². The van der Waals surface area contributed by atoms with Gasteiger partial charge in [0.2, 0.25) is 0 Å². The van der Waals surface area contributed by atoms with Crippen molar-refractivity contribution < 1.29 is 4.79 Å². The smallest absolute Gasteiger partial charge is 0.251 e. The van der Waals surface area contributed by atoms with Crippen LogP contribution in [-0.4, -0.2) is 12.5 Å². The Kier molecular flexibility index (Phi) is 5.65. The molecule has 0 fully saturated rings. The summed E-state index contributed by atoms with van der Waals surface area (Å²) in [6.07, 6.45) is 4.85. The average Bonchev–Trinajstić information content (AvgIpc) is 2.34. The minimum atomic E-state index is -0.0449. The number of nitrogens with one attached hydrogen (secondary N) is 1. The second-order valence-electron chi connectivity index (χ2n) is 3.45. The fourth-order valence-corrected chi connectivity index (χ4v) is 1.50. The van der Waals surface area contributed by atoms with E-state index in [1.807, 2.05) is 37.3 Å². The van der Waals surface area contributed by atoms with Crippen LogP contribution in [0.2, 0.25) is 0 Å². The van der Waals surface area contributed by atoms with E-state index in [-0.39, 0.29) is 5.91 Å². The van der Waals surface area contributed by atoms with Gasteiger partial charge < -0.3 is 5.32 Å². The normalized spacial score (nSPS) is 10.6. The van der Waals surface area contributed by atoms with Crippen LogP contribution >= 0.6 is 11.6 Å². The monoisotopic (exact) mass is 237 g/mol. The summed E-state index contributed by atoms with van der Waals surface area (Å²) in [5.41, 5.74) is 1.63. The minimum Gasteiger partial charge on any atom is -0.352 e. The minimum absolute atomic E-state index is 0.0449. The first kappa shape index (κ1) is 12.8. The molecule has 0 spiro atoms. The van der Waals surface area contributed by atoms with E-state index < -0.39 is 0 Å². The predicted octanol–water partition coefficient (Wildman–Crippen LogP) is 3.12. The quantitative estimate of drug-likeness (QED) is 0.476. The van der Waals surface area contributed by atoms with Gasteiger partial charge in [-0.15, -0.1) is 11.6 Å². The standard InChI is InChI=1S/C13H16ClNO/c1-2-3-4-8-15-13(16)12-7-5-6-11(9-12)10-14/h2-3,5-7,9H,4,8,10H2,1H3,(H,15,16)/b3-2+. The highest BCUT2D eigenvalue weighted by atomic mass is 35.5. The van der Waals surface area contributed by atoms with Crippen molar-refractivity contribution in [3.05, 3.63) is 47.5 Å². The van der Waals surface area contributed by atoms with Gasteiger partial charge in [-0.25, -0.2) is 0 Å². The molecule has 1 rings (SSSR count). The van der Waals surface area contributed by atoms with Gasteiger partial charge in [0, 0.05) is 18.0 Å². The molecular weight excluding hydrogens is 222 g/mol. The van der Waals surface area contributed by atoms with Gasteiger partial charge in [-0.05, 0) is 31.0 Å². The highest BCUT2D eigenvalue weighted by Gasteiger charge is 2.04. The van der Waals surface area contributed by atoms with Crippen molar-refractivity contribution in [1.82, 2.24) is 5.32 Å². The van der Waals surface area contributed by atoms with E-state index in [1.165, 1.54) is 0 Å². The molecule has 1 aromatic carbocycles. The molecule has 86 valence electrons. The molecular formula is C13H16ClNO. The molecule has 1 aromatic rings. The zero-order valence-electron chi connectivity index (χ0n) is 9.37. The van der Waals surface area contributed by atoms with Crippen LogP contribution in [0.4, 0.5) is 0 Å². The Bertz CT molecular complexity index is 374. The second kappa shape index (κ2) is 7.07. The number of carbonyl (C=O) groups is 1. The lowest BCUT2D eigenvalue weighted by Gasteiger charge is -2.04. The number of hydrogen-bond donors (Lipinski definition) is 1. The van der Waals surface area contributed by atoms with Gasteiger partial charge in [0.15, 0.2) is 0 Å². The third kappa shape index (κ3) is 4.07. The van der Waals surface area contributed by atoms with E-state index >= 15 is 0 Å². The summed E-state index contributed by atoms with van der Waals surface area (Å²) in [6, 6.07) is 7.36. The maximum Gasteiger partial charge on any atom is 0.251 e. The zero-order valence-corrected chi connectivity index (χ0v) is 10.1. The topological polar surface area (TPSA) is 29.1 Å². The van der Waals surface area contributed by atoms with Gasteiger partial charge in [-0.3, -0.25) is 4.79 Å². The van der Waals surface area contributed by atoms with Gasteiger partial charge in [-0.2, -0.15) is 0 Å². The molecule has 0 aromatic heterocycles. The SMILES string of the molecule is C/C=C/CCNC(=O)c1cccc(CCl)c1. The lowest BCUT2D eigenvalue weighted by atomic mass is 10.1.